The lowest BCUT2D eigenvalue weighted by molar-refractivity contribution is 0.0602. The standard InChI is InChI=1S/C21H20NO2P/c1-24-21(23)19-13-12-16(15-22)14-20(19)25(17-8-4-2-5-9-17)18-10-6-3-7-11-18/h2-14H,15,22H2,1H3. The van der Waals surface area contributed by atoms with Crippen molar-refractivity contribution in [3.63, 3.8) is 0 Å². The molecule has 3 nitrogen and oxygen atoms in total. The summed E-state index contributed by atoms with van der Waals surface area (Å²) in [6.45, 7) is 0.432. The smallest absolute Gasteiger partial charge is 0.338 e. The predicted molar refractivity (Wildman–Crippen MR) is 104 cm³/mol. The molecule has 25 heavy (non-hydrogen) atoms. The van der Waals surface area contributed by atoms with Crippen molar-refractivity contribution >= 4 is 29.8 Å². The Labute approximate surface area is 149 Å². The van der Waals surface area contributed by atoms with Crippen LogP contribution >= 0.6 is 7.92 Å². The Morgan fingerprint density at radius 3 is 1.96 bits per heavy atom. The van der Waals surface area contributed by atoms with Crippen LogP contribution in [0.5, 0.6) is 0 Å². The largest absolute Gasteiger partial charge is 0.465 e. The van der Waals surface area contributed by atoms with Crippen LogP contribution in [-0.4, -0.2) is 13.1 Å². The quantitative estimate of drug-likeness (QED) is 0.569. The van der Waals surface area contributed by atoms with Gasteiger partial charge in [-0.15, -0.1) is 0 Å². The number of rotatable bonds is 5. The second-order valence-corrected chi connectivity index (χ2v) is 7.74. The second kappa shape index (κ2) is 8.06. The molecule has 0 aromatic heterocycles. The molecular formula is C21H20NO2P. The van der Waals surface area contributed by atoms with Gasteiger partial charge in [0.25, 0.3) is 0 Å². The van der Waals surface area contributed by atoms with Crippen LogP contribution in [0.3, 0.4) is 0 Å². The third-order valence-corrected chi connectivity index (χ3v) is 6.45. The lowest BCUT2D eigenvalue weighted by Gasteiger charge is -2.22. The molecule has 3 aromatic carbocycles. The van der Waals surface area contributed by atoms with Gasteiger partial charge in [0, 0.05) is 6.54 Å². The van der Waals surface area contributed by atoms with E-state index in [1.54, 1.807) is 0 Å². The molecule has 3 rings (SSSR count). The van der Waals surface area contributed by atoms with E-state index in [-0.39, 0.29) is 5.97 Å². The third-order valence-electron chi connectivity index (χ3n) is 3.97. The van der Waals surface area contributed by atoms with Crippen molar-refractivity contribution in [1.29, 1.82) is 0 Å². The summed E-state index contributed by atoms with van der Waals surface area (Å²) in [5, 5.41) is 3.34. The van der Waals surface area contributed by atoms with Crippen LogP contribution in [0.15, 0.2) is 78.9 Å². The Bertz CT molecular complexity index is 811. The molecule has 0 radical (unpaired) electrons. The molecule has 0 saturated heterocycles. The van der Waals surface area contributed by atoms with Crippen molar-refractivity contribution in [1.82, 2.24) is 0 Å². The SMILES string of the molecule is COC(=O)c1ccc(CN)cc1P(c1ccccc1)c1ccccc1. The van der Waals surface area contributed by atoms with E-state index in [0.717, 1.165) is 10.9 Å². The highest BCUT2D eigenvalue weighted by atomic mass is 31.1. The number of nitrogens with two attached hydrogens (primary N) is 1. The molecule has 0 saturated carbocycles. The minimum absolute atomic E-state index is 0.321. The first-order valence-corrected chi connectivity index (χ1v) is 9.40. The molecule has 2 N–H and O–H groups in total. The molecule has 0 unspecified atom stereocenters. The number of hydrogen-bond acceptors (Lipinski definition) is 3. The van der Waals surface area contributed by atoms with Crippen molar-refractivity contribution in [3.8, 4) is 0 Å². The summed E-state index contributed by atoms with van der Waals surface area (Å²) in [6, 6.07) is 26.3. The molecule has 126 valence electrons. The van der Waals surface area contributed by atoms with Crippen LogP contribution < -0.4 is 21.6 Å². The fourth-order valence-corrected chi connectivity index (χ4v) is 5.25. The number of esters is 1. The summed E-state index contributed by atoms with van der Waals surface area (Å²) < 4.78 is 5.01. The molecule has 0 fully saturated rings. The van der Waals surface area contributed by atoms with Crippen LogP contribution in [-0.2, 0) is 11.3 Å². The van der Waals surface area contributed by atoms with Crippen LogP contribution in [0.1, 0.15) is 15.9 Å². The van der Waals surface area contributed by atoms with Gasteiger partial charge in [-0.05, 0) is 41.5 Å². The van der Waals surface area contributed by atoms with Gasteiger partial charge in [-0.2, -0.15) is 0 Å². The zero-order valence-electron chi connectivity index (χ0n) is 14.1. The van der Waals surface area contributed by atoms with E-state index < -0.39 is 7.92 Å². The number of hydrogen-bond donors (Lipinski definition) is 1. The van der Waals surface area contributed by atoms with Gasteiger partial charge in [-0.1, -0.05) is 66.7 Å². The summed E-state index contributed by atoms with van der Waals surface area (Å²) in [7, 11) is 0.530. The number of carbonyl (C=O) groups is 1. The fraction of sp³-hybridized carbons (Fsp3) is 0.0952. The molecule has 3 aromatic rings. The van der Waals surface area contributed by atoms with Gasteiger partial charge >= 0.3 is 5.97 Å². The predicted octanol–water partition coefficient (Wildman–Crippen LogP) is 2.69. The minimum Gasteiger partial charge on any atom is -0.465 e. The molecular weight excluding hydrogens is 329 g/mol. The van der Waals surface area contributed by atoms with E-state index >= 15 is 0 Å². The highest BCUT2D eigenvalue weighted by Gasteiger charge is 2.23. The van der Waals surface area contributed by atoms with E-state index in [9.17, 15) is 4.79 Å². The number of ether oxygens (including phenoxy) is 1. The van der Waals surface area contributed by atoms with E-state index in [2.05, 4.69) is 24.3 Å². The third kappa shape index (κ3) is 3.79. The van der Waals surface area contributed by atoms with Crippen molar-refractivity contribution in [2.24, 2.45) is 5.73 Å². The summed E-state index contributed by atoms with van der Waals surface area (Å²) in [5.41, 5.74) is 7.44. The van der Waals surface area contributed by atoms with Crippen LogP contribution in [0.25, 0.3) is 0 Å². The van der Waals surface area contributed by atoms with Gasteiger partial charge in [0.15, 0.2) is 0 Å². The molecule has 0 atom stereocenters. The first-order chi connectivity index (χ1) is 12.2. The summed E-state index contributed by atoms with van der Waals surface area (Å²) in [4.78, 5) is 12.4. The minimum atomic E-state index is -0.883. The van der Waals surface area contributed by atoms with E-state index in [0.29, 0.717) is 12.1 Å². The fourth-order valence-electron chi connectivity index (χ4n) is 2.75. The van der Waals surface area contributed by atoms with Crippen LogP contribution in [0.2, 0.25) is 0 Å². The van der Waals surface area contributed by atoms with Crippen molar-refractivity contribution in [2.45, 2.75) is 6.54 Å². The van der Waals surface area contributed by atoms with Crippen molar-refractivity contribution < 1.29 is 9.53 Å². The maximum atomic E-state index is 12.4. The van der Waals surface area contributed by atoms with Crippen molar-refractivity contribution in [3.05, 3.63) is 90.0 Å². The Morgan fingerprint density at radius 2 is 1.48 bits per heavy atom. The molecule has 0 amide bonds. The van der Waals surface area contributed by atoms with E-state index in [1.807, 2.05) is 54.6 Å². The first-order valence-electron chi connectivity index (χ1n) is 8.06. The maximum Gasteiger partial charge on any atom is 0.338 e. The van der Waals surface area contributed by atoms with Crippen molar-refractivity contribution in [2.75, 3.05) is 7.11 Å². The molecule has 0 aliphatic heterocycles. The Kier molecular flexibility index (Phi) is 5.60. The van der Waals surface area contributed by atoms with Gasteiger partial charge in [-0.3, -0.25) is 0 Å². The molecule has 0 heterocycles. The van der Waals surface area contributed by atoms with Gasteiger partial charge in [0.2, 0.25) is 0 Å². The van der Waals surface area contributed by atoms with Gasteiger partial charge in [-0.25, -0.2) is 4.79 Å². The number of carbonyl (C=O) groups excluding carboxylic acids is 1. The lowest BCUT2D eigenvalue weighted by atomic mass is 10.1. The maximum absolute atomic E-state index is 12.4. The molecule has 4 heteroatoms. The summed E-state index contributed by atoms with van der Waals surface area (Å²) in [5.74, 6) is -0.321. The highest BCUT2D eigenvalue weighted by Crippen LogP contribution is 2.34. The van der Waals surface area contributed by atoms with Gasteiger partial charge in [0.1, 0.15) is 0 Å². The molecule has 0 spiro atoms. The average molecular weight is 349 g/mol. The Hall–Kier alpha value is -2.48. The lowest BCUT2D eigenvalue weighted by Crippen LogP contribution is -2.26. The Balaban J connectivity index is 2.24. The highest BCUT2D eigenvalue weighted by molar-refractivity contribution is 7.80. The van der Waals surface area contributed by atoms with Crippen LogP contribution in [0, 0.1) is 0 Å². The number of benzene rings is 3. The molecule has 0 aliphatic rings. The van der Waals surface area contributed by atoms with Gasteiger partial charge in [0.05, 0.1) is 12.7 Å². The summed E-state index contributed by atoms with van der Waals surface area (Å²) in [6.07, 6.45) is 0. The average Bonchev–Trinajstić information content (AvgIpc) is 2.69. The van der Waals surface area contributed by atoms with Gasteiger partial charge < -0.3 is 10.5 Å². The van der Waals surface area contributed by atoms with E-state index in [4.69, 9.17) is 10.5 Å². The monoisotopic (exact) mass is 349 g/mol. The summed E-state index contributed by atoms with van der Waals surface area (Å²) >= 11 is 0. The molecule has 0 aliphatic carbocycles. The Morgan fingerprint density at radius 1 is 0.920 bits per heavy atom. The number of methoxy groups -OCH3 is 1. The topological polar surface area (TPSA) is 52.3 Å². The van der Waals surface area contributed by atoms with E-state index in [1.165, 1.54) is 17.7 Å². The second-order valence-electron chi connectivity index (χ2n) is 5.55. The zero-order chi connectivity index (χ0) is 17.6. The normalized spacial score (nSPS) is 10.7. The molecule has 0 bridgehead atoms. The van der Waals surface area contributed by atoms with Crippen LogP contribution in [0.4, 0.5) is 0 Å². The first kappa shape index (κ1) is 17.3. The zero-order valence-corrected chi connectivity index (χ0v) is 14.9.